The van der Waals surface area contributed by atoms with Crippen molar-refractivity contribution < 1.29 is 19.1 Å². The Balaban J connectivity index is 1.73. The van der Waals surface area contributed by atoms with Gasteiger partial charge in [0.15, 0.2) is 6.10 Å². The van der Waals surface area contributed by atoms with E-state index in [-0.39, 0.29) is 11.8 Å². The molecule has 2 aromatic rings. The fraction of sp³-hybridized carbons (Fsp3) is 0.364. The molecule has 2 amide bonds. The number of morpholine rings is 1. The van der Waals surface area contributed by atoms with Crippen LogP contribution >= 0.6 is 0 Å². The second-order valence-electron chi connectivity index (χ2n) is 6.77. The molecule has 0 bridgehead atoms. The Kier molecular flexibility index (Phi) is 6.66. The Labute approximate surface area is 165 Å². The molecule has 6 heteroatoms. The number of hydrogen-bond donors (Lipinski definition) is 1. The normalized spacial score (nSPS) is 15.0. The van der Waals surface area contributed by atoms with Crippen LogP contribution in [-0.2, 0) is 9.53 Å². The first-order chi connectivity index (χ1) is 13.6. The topological polar surface area (TPSA) is 67.9 Å². The highest BCUT2D eigenvalue weighted by molar-refractivity contribution is 6.04. The molecule has 1 saturated heterocycles. The van der Waals surface area contributed by atoms with E-state index in [1.807, 2.05) is 38.1 Å². The Morgan fingerprint density at radius 1 is 1.14 bits per heavy atom. The van der Waals surface area contributed by atoms with E-state index >= 15 is 0 Å². The first-order valence-corrected chi connectivity index (χ1v) is 9.58. The first-order valence-electron chi connectivity index (χ1n) is 9.58. The average molecular weight is 382 g/mol. The molecule has 0 saturated carbocycles. The monoisotopic (exact) mass is 382 g/mol. The van der Waals surface area contributed by atoms with Crippen molar-refractivity contribution in [3.63, 3.8) is 0 Å². The van der Waals surface area contributed by atoms with Crippen molar-refractivity contribution in [1.82, 2.24) is 4.90 Å². The fourth-order valence-electron chi connectivity index (χ4n) is 3.10. The van der Waals surface area contributed by atoms with Crippen LogP contribution in [0.25, 0.3) is 0 Å². The number of carbonyl (C=O) groups is 2. The van der Waals surface area contributed by atoms with Crippen LogP contribution in [0.2, 0.25) is 0 Å². The highest BCUT2D eigenvalue weighted by Crippen LogP contribution is 2.20. The zero-order valence-corrected chi connectivity index (χ0v) is 16.3. The summed E-state index contributed by atoms with van der Waals surface area (Å²) in [6.07, 6.45) is -0.132. The molecular formula is C22H26N2O4. The molecule has 0 aromatic heterocycles. The van der Waals surface area contributed by atoms with Gasteiger partial charge in [0.25, 0.3) is 11.8 Å². The highest BCUT2D eigenvalue weighted by atomic mass is 16.5. The number of amides is 2. The van der Waals surface area contributed by atoms with E-state index in [4.69, 9.17) is 9.47 Å². The van der Waals surface area contributed by atoms with Gasteiger partial charge in [-0.15, -0.1) is 0 Å². The van der Waals surface area contributed by atoms with E-state index in [0.717, 1.165) is 5.56 Å². The molecule has 1 aliphatic rings. The maximum absolute atomic E-state index is 12.9. The van der Waals surface area contributed by atoms with Gasteiger partial charge in [-0.1, -0.05) is 31.2 Å². The van der Waals surface area contributed by atoms with Crippen molar-refractivity contribution >= 4 is 17.5 Å². The van der Waals surface area contributed by atoms with Crippen LogP contribution in [-0.4, -0.2) is 49.1 Å². The molecule has 6 nitrogen and oxygen atoms in total. The molecule has 0 radical (unpaired) electrons. The minimum atomic E-state index is -0.645. The van der Waals surface area contributed by atoms with Crippen molar-refractivity contribution in [2.75, 3.05) is 31.6 Å². The Bertz CT molecular complexity index is 831. The molecule has 1 N–H and O–H groups in total. The number of nitrogens with one attached hydrogen (secondary N) is 1. The van der Waals surface area contributed by atoms with Gasteiger partial charge in [-0.25, -0.2) is 0 Å². The predicted molar refractivity (Wildman–Crippen MR) is 108 cm³/mol. The molecule has 0 aliphatic carbocycles. The Morgan fingerprint density at radius 3 is 2.61 bits per heavy atom. The Morgan fingerprint density at radius 2 is 1.89 bits per heavy atom. The van der Waals surface area contributed by atoms with Gasteiger partial charge >= 0.3 is 0 Å². The number of rotatable bonds is 6. The zero-order chi connectivity index (χ0) is 19.9. The number of para-hydroxylation sites is 1. The standard InChI is InChI=1S/C22H26N2O4/c1-3-20(28-17-8-6-7-16(2)15-17)21(25)23-19-10-5-4-9-18(19)22(26)24-11-13-27-14-12-24/h4-10,15,20H,3,11-14H2,1-2H3,(H,23,25)/t20-/m1/s1. The van der Waals surface area contributed by atoms with Gasteiger partial charge in [0.2, 0.25) is 0 Å². The molecule has 0 spiro atoms. The minimum absolute atomic E-state index is 0.105. The molecule has 1 atom stereocenters. The van der Waals surface area contributed by atoms with Gasteiger partial charge in [0.1, 0.15) is 5.75 Å². The summed E-state index contributed by atoms with van der Waals surface area (Å²) in [5.74, 6) is 0.276. The quantitative estimate of drug-likeness (QED) is 0.833. The van der Waals surface area contributed by atoms with Crippen LogP contribution in [0.3, 0.4) is 0 Å². The number of ether oxygens (including phenoxy) is 2. The van der Waals surface area contributed by atoms with E-state index in [9.17, 15) is 9.59 Å². The third-order valence-corrected chi connectivity index (χ3v) is 4.64. The van der Waals surface area contributed by atoms with E-state index < -0.39 is 6.10 Å². The first kappa shape index (κ1) is 19.9. The molecule has 1 aliphatic heterocycles. The van der Waals surface area contributed by atoms with Crippen LogP contribution in [0.4, 0.5) is 5.69 Å². The van der Waals surface area contributed by atoms with Crippen molar-refractivity contribution in [3.8, 4) is 5.75 Å². The van der Waals surface area contributed by atoms with Gasteiger partial charge < -0.3 is 19.7 Å². The number of anilines is 1. The van der Waals surface area contributed by atoms with Crippen molar-refractivity contribution in [3.05, 3.63) is 59.7 Å². The second-order valence-corrected chi connectivity index (χ2v) is 6.77. The minimum Gasteiger partial charge on any atom is -0.481 e. The van der Waals surface area contributed by atoms with E-state index in [1.165, 1.54) is 0 Å². The summed E-state index contributed by atoms with van der Waals surface area (Å²) < 4.78 is 11.2. The van der Waals surface area contributed by atoms with Crippen LogP contribution in [0.5, 0.6) is 5.75 Å². The number of nitrogens with zero attached hydrogens (tertiary/aromatic N) is 1. The fourth-order valence-corrected chi connectivity index (χ4v) is 3.10. The van der Waals surface area contributed by atoms with Crippen molar-refractivity contribution in [2.45, 2.75) is 26.4 Å². The molecular weight excluding hydrogens is 356 g/mol. The van der Waals surface area contributed by atoms with Crippen molar-refractivity contribution in [2.24, 2.45) is 0 Å². The predicted octanol–water partition coefficient (Wildman–Crippen LogP) is 3.26. The van der Waals surface area contributed by atoms with Gasteiger partial charge in [0.05, 0.1) is 24.5 Å². The summed E-state index contributed by atoms with van der Waals surface area (Å²) in [5.41, 5.74) is 2.03. The lowest BCUT2D eigenvalue weighted by Gasteiger charge is -2.27. The highest BCUT2D eigenvalue weighted by Gasteiger charge is 2.24. The number of benzene rings is 2. The Hall–Kier alpha value is -2.86. The van der Waals surface area contributed by atoms with Gasteiger partial charge in [0, 0.05) is 13.1 Å². The lowest BCUT2D eigenvalue weighted by atomic mass is 10.1. The van der Waals surface area contributed by atoms with Crippen molar-refractivity contribution in [1.29, 1.82) is 0 Å². The van der Waals surface area contributed by atoms with Gasteiger partial charge in [-0.2, -0.15) is 0 Å². The molecule has 148 valence electrons. The number of aryl methyl sites for hydroxylation is 1. The average Bonchev–Trinajstić information content (AvgIpc) is 2.72. The molecule has 28 heavy (non-hydrogen) atoms. The summed E-state index contributed by atoms with van der Waals surface area (Å²) in [7, 11) is 0. The molecule has 1 heterocycles. The maximum Gasteiger partial charge on any atom is 0.265 e. The van der Waals surface area contributed by atoms with E-state index in [1.54, 1.807) is 29.2 Å². The lowest BCUT2D eigenvalue weighted by Crippen LogP contribution is -2.41. The molecule has 3 rings (SSSR count). The van der Waals surface area contributed by atoms with Crippen LogP contribution in [0.1, 0.15) is 29.3 Å². The number of hydrogen-bond acceptors (Lipinski definition) is 4. The molecule has 2 aromatic carbocycles. The number of carbonyl (C=O) groups excluding carboxylic acids is 2. The van der Waals surface area contributed by atoms with Crippen LogP contribution < -0.4 is 10.1 Å². The third-order valence-electron chi connectivity index (χ3n) is 4.64. The van der Waals surface area contributed by atoms with Gasteiger partial charge in [-0.3, -0.25) is 9.59 Å². The van der Waals surface area contributed by atoms with E-state index in [2.05, 4.69) is 5.32 Å². The maximum atomic E-state index is 12.9. The smallest absolute Gasteiger partial charge is 0.265 e. The molecule has 0 unspecified atom stereocenters. The summed E-state index contributed by atoms with van der Waals surface area (Å²) in [4.78, 5) is 27.4. The van der Waals surface area contributed by atoms with Gasteiger partial charge in [-0.05, 0) is 43.2 Å². The summed E-state index contributed by atoms with van der Waals surface area (Å²) in [6, 6.07) is 14.7. The lowest BCUT2D eigenvalue weighted by molar-refractivity contribution is -0.122. The van der Waals surface area contributed by atoms with Crippen LogP contribution in [0, 0.1) is 6.92 Å². The summed E-state index contributed by atoms with van der Waals surface area (Å²) >= 11 is 0. The third kappa shape index (κ3) is 4.89. The summed E-state index contributed by atoms with van der Waals surface area (Å²) in [6.45, 7) is 6.03. The van der Waals surface area contributed by atoms with E-state index in [0.29, 0.717) is 49.7 Å². The summed E-state index contributed by atoms with van der Waals surface area (Å²) in [5, 5.41) is 2.87. The molecule has 1 fully saturated rings. The largest absolute Gasteiger partial charge is 0.481 e. The SMILES string of the molecule is CC[C@@H](Oc1cccc(C)c1)C(=O)Nc1ccccc1C(=O)N1CCOCC1. The van der Waals surface area contributed by atoms with Crippen LogP contribution in [0.15, 0.2) is 48.5 Å². The zero-order valence-electron chi connectivity index (χ0n) is 16.3. The second kappa shape index (κ2) is 9.37.